The predicted molar refractivity (Wildman–Crippen MR) is 80.9 cm³/mol. The number of carbonyl (C=O) groups is 3. The van der Waals surface area contributed by atoms with Gasteiger partial charge in [0, 0.05) is 5.69 Å². The highest BCUT2D eigenvalue weighted by Crippen LogP contribution is 2.04. The smallest absolute Gasteiger partial charge is 0.328 e. The molecule has 0 aliphatic heterocycles. The largest absolute Gasteiger partial charge is 0.454 e. The molecule has 0 aliphatic rings. The van der Waals surface area contributed by atoms with Crippen LogP contribution in [0.3, 0.4) is 0 Å². The fourth-order valence-electron chi connectivity index (χ4n) is 1.41. The van der Waals surface area contributed by atoms with E-state index in [2.05, 4.69) is 21.9 Å². The summed E-state index contributed by atoms with van der Waals surface area (Å²) in [5.74, 6) is 0.990. The van der Waals surface area contributed by atoms with E-state index in [9.17, 15) is 14.4 Å². The molecule has 3 amide bonds. The van der Waals surface area contributed by atoms with Crippen molar-refractivity contribution >= 4 is 23.6 Å². The van der Waals surface area contributed by atoms with E-state index >= 15 is 0 Å². The molecule has 0 aliphatic carbocycles. The van der Waals surface area contributed by atoms with Crippen molar-refractivity contribution in [1.29, 1.82) is 0 Å². The number of terminal acetylenes is 1. The lowest BCUT2D eigenvalue weighted by Gasteiger charge is -2.14. The van der Waals surface area contributed by atoms with Crippen LogP contribution < -0.4 is 16.0 Å². The number of esters is 1. The fraction of sp³-hybridized carbons (Fsp3) is 0.267. The van der Waals surface area contributed by atoms with Gasteiger partial charge in [-0.2, -0.15) is 0 Å². The van der Waals surface area contributed by atoms with Gasteiger partial charge in [0.1, 0.15) is 6.04 Å². The highest BCUT2D eigenvalue weighted by atomic mass is 16.5. The van der Waals surface area contributed by atoms with Crippen LogP contribution in [0.2, 0.25) is 0 Å². The third-order valence-corrected chi connectivity index (χ3v) is 2.47. The summed E-state index contributed by atoms with van der Waals surface area (Å²) in [5.41, 5.74) is 0.592. The lowest BCUT2D eigenvalue weighted by Crippen LogP contribution is -2.42. The highest BCUT2D eigenvalue weighted by Gasteiger charge is 2.18. The zero-order chi connectivity index (χ0) is 16.4. The van der Waals surface area contributed by atoms with Crippen LogP contribution in [-0.4, -0.2) is 37.1 Å². The van der Waals surface area contributed by atoms with E-state index in [-0.39, 0.29) is 6.54 Å². The first kappa shape index (κ1) is 17.0. The van der Waals surface area contributed by atoms with E-state index in [4.69, 9.17) is 11.2 Å². The molecular formula is C15H17N3O4. The van der Waals surface area contributed by atoms with Gasteiger partial charge in [-0.1, -0.05) is 24.1 Å². The lowest BCUT2D eigenvalue weighted by molar-refractivity contribution is -0.149. The number of hydrogen-bond acceptors (Lipinski definition) is 4. The first-order chi connectivity index (χ1) is 10.5. The number of carbonyl (C=O) groups excluding carboxylic acids is 3. The van der Waals surface area contributed by atoms with Crippen molar-refractivity contribution in [2.75, 3.05) is 18.5 Å². The molecule has 116 valence electrons. The Hall–Kier alpha value is -3.01. The van der Waals surface area contributed by atoms with Crippen molar-refractivity contribution in [3.63, 3.8) is 0 Å². The van der Waals surface area contributed by atoms with E-state index in [0.29, 0.717) is 5.69 Å². The summed E-state index contributed by atoms with van der Waals surface area (Å²) in [6, 6.07) is 7.31. The van der Waals surface area contributed by atoms with Crippen LogP contribution >= 0.6 is 0 Å². The van der Waals surface area contributed by atoms with Crippen LogP contribution in [0, 0.1) is 12.3 Å². The zero-order valence-corrected chi connectivity index (χ0v) is 12.1. The van der Waals surface area contributed by atoms with Gasteiger partial charge in [-0.05, 0) is 19.1 Å². The number of anilines is 1. The number of benzene rings is 1. The molecule has 7 heteroatoms. The summed E-state index contributed by atoms with van der Waals surface area (Å²) in [7, 11) is 0. The average Bonchev–Trinajstić information content (AvgIpc) is 2.51. The van der Waals surface area contributed by atoms with Gasteiger partial charge in [-0.15, -0.1) is 6.42 Å². The standard InChI is InChI=1S/C15H17N3O4/c1-3-9-16-13(19)10-22-14(20)11(2)17-15(21)18-12-7-5-4-6-8-12/h1,4-8,11H,9-10H2,2H3,(H,16,19)(H2,17,18,21)/t11-/m0/s1. The van der Waals surface area contributed by atoms with Gasteiger partial charge < -0.3 is 20.7 Å². The highest BCUT2D eigenvalue weighted by molar-refractivity contribution is 5.92. The molecule has 7 nitrogen and oxygen atoms in total. The number of hydrogen-bond donors (Lipinski definition) is 3. The predicted octanol–water partition coefficient (Wildman–Crippen LogP) is 0.489. The SMILES string of the molecule is C#CCNC(=O)COC(=O)[C@H](C)NC(=O)Nc1ccccc1. The van der Waals surface area contributed by atoms with Crippen molar-refractivity contribution in [3.05, 3.63) is 30.3 Å². The topological polar surface area (TPSA) is 96.5 Å². The molecule has 0 bridgehead atoms. The molecule has 1 rings (SSSR count). The molecule has 1 aromatic carbocycles. The van der Waals surface area contributed by atoms with Crippen molar-refractivity contribution in [2.24, 2.45) is 0 Å². The second kappa shape index (κ2) is 9.02. The summed E-state index contributed by atoms with van der Waals surface area (Å²) in [4.78, 5) is 34.5. The van der Waals surface area contributed by atoms with E-state index in [0.717, 1.165) is 0 Å². The Morgan fingerprint density at radius 3 is 2.59 bits per heavy atom. The minimum atomic E-state index is -0.899. The Kier molecular flexibility index (Phi) is 6.99. The molecule has 0 saturated carbocycles. The summed E-state index contributed by atoms with van der Waals surface area (Å²) in [6.45, 7) is 1.06. The van der Waals surface area contributed by atoms with Crippen LogP contribution in [-0.2, 0) is 14.3 Å². The summed E-state index contributed by atoms with van der Waals surface area (Å²) < 4.78 is 4.75. The summed E-state index contributed by atoms with van der Waals surface area (Å²) >= 11 is 0. The van der Waals surface area contributed by atoms with Crippen LogP contribution in [0.4, 0.5) is 10.5 Å². The molecule has 0 unspecified atom stereocenters. The minimum Gasteiger partial charge on any atom is -0.454 e. The van der Waals surface area contributed by atoms with Crippen molar-refractivity contribution in [1.82, 2.24) is 10.6 Å². The third-order valence-electron chi connectivity index (χ3n) is 2.47. The molecule has 0 saturated heterocycles. The van der Waals surface area contributed by atoms with Gasteiger partial charge in [0.15, 0.2) is 6.61 Å². The molecular weight excluding hydrogens is 286 g/mol. The number of urea groups is 1. The first-order valence-corrected chi connectivity index (χ1v) is 6.52. The van der Waals surface area contributed by atoms with Crippen molar-refractivity contribution in [3.8, 4) is 12.3 Å². The van der Waals surface area contributed by atoms with Crippen molar-refractivity contribution < 1.29 is 19.1 Å². The number of ether oxygens (including phenoxy) is 1. The molecule has 0 spiro atoms. The summed E-state index contributed by atoms with van der Waals surface area (Å²) in [5, 5.41) is 7.32. The van der Waals surface area contributed by atoms with Crippen LogP contribution in [0.15, 0.2) is 30.3 Å². The average molecular weight is 303 g/mol. The molecule has 0 aromatic heterocycles. The first-order valence-electron chi connectivity index (χ1n) is 6.52. The van der Waals surface area contributed by atoms with E-state index in [1.807, 2.05) is 6.07 Å². The number of para-hydroxylation sites is 1. The molecule has 3 N–H and O–H groups in total. The molecule has 0 radical (unpaired) electrons. The Labute approximate surface area is 128 Å². The maximum absolute atomic E-state index is 11.7. The maximum Gasteiger partial charge on any atom is 0.328 e. The van der Waals surface area contributed by atoms with Crippen LogP contribution in [0.1, 0.15) is 6.92 Å². The van der Waals surface area contributed by atoms with Crippen molar-refractivity contribution in [2.45, 2.75) is 13.0 Å². The Morgan fingerprint density at radius 1 is 1.27 bits per heavy atom. The van der Waals surface area contributed by atoms with Crippen LogP contribution in [0.5, 0.6) is 0 Å². The molecule has 0 heterocycles. The normalized spacial score (nSPS) is 10.7. The Balaban J connectivity index is 2.33. The second-order valence-corrected chi connectivity index (χ2v) is 4.27. The second-order valence-electron chi connectivity index (χ2n) is 4.27. The Bertz CT molecular complexity index is 566. The number of amides is 3. The molecule has 1 atom stereocenters. The van der Waals surface area contributed by atoms with Gasteiger partial charge in [0.25, 0.3) is 5.91 Å². The van der Waals surface area contributed by atoms with E-state index < -0.39 is 30.6 Å². The van der Waals surface area contributed by atoms with Gasteiger partial charge >= 0.3 is 12.0 Å². The van der Waals surface area contributed by atoms with Gasteiger partial charge in [0.2, 0.25) is 0 Å². The van der Waals surface area contributed by atoms with Gasteiger partial charge in [-0.3, -0.25) is 4.79 Å². The fourth-order valence-corrected chi connectivity index (χ4v) is 1.41. The van der Waals surface area contributed by atoms with E-state index in [1.165, 1.54) is 6.92 Å². The quantitative estimate of drug-likeness (QED) is 0.526. The molecule has 22 heavy (non-hydrogen) atoms. The Morgan fingerprint density at radius 2 is 1.95 bits per heavy atom. The summed E-state index contributed by atoms with van der Waals surface area (Å²) in [6.07, 6.45) is 4.97. The maximum atomic E-state index is 11.7. The number of rotatable bonds is 6. The minimum absolute atomic E-state index is 0.0592. The third kappa shape index (κ3) is 6.43. The van der Waals surface area contributed by atoms with Gasteiger partial charge in [0.05, 0.1) is 6.54 Å². The zero-order valence-electron chi connectivity index (χ0n) is 12.1. The van der Waals surface area contributed by atoms with Crippen LogP contribution in [0.25, 0.3) is 0 Å². The molecule has 0 fully saturated rings. The lowest BCUT2D eigenvalue weighted by atomic mass is 10.3. The van der Waals surface area contributed by atoms with E-state index in [1.54, 1.807) is 24.3 Å². The number of nitrogens with one attached hydrogen (secondary N) is 3. The molecule has 1 aromatic rings. The van der Waals surface area contributed by atoms with Gasteiger partial charge in [-0.25, -0.2) is 9.59 Å². The monoisotopic (exact) mass is 303 g/mol.